The molecule has 1 aromatic carbocycles. The van der Waals surface area contributed by atoms with Crippen molar-refractivity contribution in [2.45, 2.75) is 32.9 Å². The Labute approximate surface area is 174 Å². The van der Waals surface area contributed by atoms with Gasteiger partial charge in [-0.2, -0.15) is 0 Å². The standard InChI is InChI=1S/C23H34N4O2/c1-4-5-15-29-21-9-8-19(16-22(21)28-3)17-24-18-20-7-6-10-25-23(20)27-13-11-26(2)12-14-27/h6-10,16,24H,4-5,11-15,17-18H2,1-3H3. The summed E-state index contributed by atoms with van der Waals surface area (Å²) in [6.07, 6.45) is 4.06. The number of pyridine rings is 1. The zero-order chi connectivity index (χ0) is 20.5. The predicted molar refractivity (Wildman–Crippen MR) is 118 cm³/mol. The Morgan fingerprint density at radius 2 is 1.90 bits per heavy atom. The monoisotopic (exact) mass is 398 g/mol. The summed E-state index contributed by atoms with van der Waals surface area (Å²) in [5, 5.41) is 3.56. The molecule has 0 radical (unpaired) electrons. The number of piperazine rings is 1. The molecule has 2 aromatic rings. The SMILES string of the molecule is CCCCOc1ccc(CNCc2cccnc2N2CCN(C)CC2)cc1OC. The predicted octanol–water partition coefficient (Wildman–Crippen LogP) is 3.31. The van der Waals surface area contributed by atoms with E-state index < -0.39 is 0 Å². The molecule has 1 N–H and O–H groups in total. The van der Waals surface area contributed by atoms with Crippen molar-refractivity contribution in [1.82, 2.24) is 15.2 Å². The molecular formula is C23H34N4O2. The molecule has 1 saturated heterocycles. The molecular weight excluding hydrogens is 364 g/mol. The molecule has 1 aliphatic rings. The van der Waals surface area contributed by atoms with Crippen LogP contribution < -0.4 is 19.7 Å². The highest BCUT2D eigenvalue weighted by Gasteiger charge is 2.17. The largest absolute Gasteiger partial charge is 0.493 e. The second-order valence-corrected chi connectivity index (χ2v) is 7.57. The maximum absolute atomic E-state index is 5.83. The van der Waals surface area contributed by atoms with Gasteiger partial charge in [0.25, 0.3) is 0 Å². The van der Waals surface area contributed by atoms with Gasteiger partial charge in [0.1, 0.15) is 5.82 Å². The van der Waals surface area contributed by atoms with Crippen LogP contribution in [0.3, 0.4) is 0 Å². The van der Waals surface area contributed by atoms with Crippen molar-refractivity contribution in [1.29, 1.82) is 0 Å². The van der Waals surface area contributed by atoms with E-state index in [9.17, 15) is 0 Å². The first-order chi connectivity index (χ1) is 14.2. The quantitative estimate of drug-likeness (QED) is 0.620. The molecule has 158 valence electrons. The normalized spacial score (nSPS) is 14.8. The molecule has 0 aliphatic carbocycles. The van der Waals surface area contributed by atoms with Crippen molar-refractivity contribution >= 4 is 5.82 Å². The van der Waals surface area contributed by atoms with Gasteiger partial charge in [-0.25, -0.2) is 4.98 Å². The van der Waals surface area contributed by atoms with Crippen molar-refractivity contribution in [2.24, 2.45) is 0 Å². The van der Waals surface area contributed by atoms with Crippen LogP contribution in [0.15, 0.2) is 36.5 Å². The molecule has 0 unspecified atom stereocenters. The number of benzene rings is 1. The lowest BCUT2D eigenvalue weighted by atomic mass is 10.1. The Morgan fingerprint density at radius 3 is 2.66 bits per heavy atom. The van der Waals surface area contributed by atoms with E-state index in [1.807, 2.05) is 18.3 Å². The number of hydrogen-bond acceptors (Lipinski definition) is 6. The molecule has 2 heterocycles. The first-order valence-corrected chi connectivity index (χ1v) is 10.6. The summed E-state index contributed by atoms with van der Waals surface area (Å²) >= 11 is 0. The van der Waals surface area contributed by atoms with Crippen LogP contribution in [0.5, 0.6) is 11.5 Å². The summed E-state index contributed by atoms with van der Waals surface area (Å²) in [7, 11) is 3.86. The van der Waals surface area contributed by atoms with Gasteiger partial charge in [-0.15, -0.1) is 0 Å². The number of rotatable bonds is 10. The van der Waals surface area contributed by atoms with Crippen molar-refractivity contribution < 1.29 is 9.47 Å². The Morgan fingerprint density at radius 1 is 1.07 bits per heavy atom. The third-order valence-electron chi connectivity index (χ3n) is 5.30. The average molecular weight is 399 g/mol. The Bertz CT molecular complexity index is 760. The van der Waals surface area contributed by atoms with Gasteiger partial charge < -0.3 is 24.6 Å². The van der Waals surface area contributed by atoms with Crippen LogP contribution in [-0.2, 0) is 13.1 Å². The molecule has 0 amide bonds. The zero-order valence-corrected chi connectivity index (χ0v) is 18.0. The first kappa shape index (κ1) is 21.4. The minimum absolute atomic E-state index is 0.723. The molecule has 0 bridgehead atoms. The van der Waals surface area contributed by atoms with Crippen LogP contribution in [0.4, 0.5) is 5.82 Å². The van der Waals surface area contributed by atoms with Crippen LogP contribution in [-0.4, -0.2) is 56.8 Å². The highest BCUT2D eigenvalue weighted by molar-refractivity contribution is 5.47. The maximum Gasteiger partial charge on any atom is 0.161 e. The summed E-state index contributed by atoms with van der Waals surface area (Å²) in [5.74, 6) is 2.71. The van der Waals surface area contributed by atoms with Crippen LogP contribution >= 0.6 is 0 Å². The summed E-state index contributed by atoms with van der Waals surface area (Å²) in [5.41, 5.74) is 2.42. The molecule has 1 aliphatic heterocycles. The van der Waals surface area contributed by atoms with E-state index in [1.165, 1.54) is 11.1 Å². The summed E-state index contributed by atoms with van der Waals surface area (Å²) in [6, 6.07) is 10.3. The lowest BCUT2D eigenvalue weighted by Gasteiger charge is -2.34. The van der Waals surface area contributed by atoms with Crippen molar-refractivity contribution in [3.63, 3.8) is 0 Å². The third kappa shape index (κ3) is 6.08. The summed E-state index contributed by atoms with van der Waals surface area (Å²) < 4.78 is 11.3. The van der Waals surface area contributed by atoms with Gasteiger partial charge in [0.15, 0.2) is 11.5 Å². The topological polar surface area (TPSA) is 49.9 Å². The second kappa shape index (κ2) is 11.0. The zero-order valence-electron chi connectivity index (χ0n) is 18.0. The van der Waals surface area contributed by atoms with Crippen molar-refractivity contribution in [3.8, 4) is 11.5 Å². The summed E-state index contributed by atoms with van der Waals surface area (Å²) in [6.45, 7) is 8.64. The molecule has 1 fully saturated rings. The smallest absolute Gasteiger partial charge is 0.161 e. The van der Waals surface area contributed by atoms with E-state index in [-0.39, 0.29) is 0 Å². The number of nitrogens with one attached hydrogen (secondary N) is 1. The van der Waals surface area contributed by atoms with E-state index in [2.05, 4.69) is 52.3 Å². The molecule has 29 heavy (non-hydrogen) atoms. The number of methoxy groups -OCH3 is 1. The van der Waals surface area contributed by atoms with Gasteiger partial charge >= 0.3 is 0 Å². The van der Waals surface area contributed by atoms with Crippen LogP contribution in [0.25, 0.3) is 0 Å². The number of hydrogen-bond donors (Lipinski definition) is 1. The van der Waals surface area contributed by atoms with E-state index in [0.29, 0.717) is 0 Å². The Kier molecular flexibility index (Phi) is 8.14. The number of aromatic nitrogens is 1. The molecule has 1 aromatic heterocycles. The fraction of sp³-hybridized carbons (Fsp3) is 0.522. The number of anilines is 1. The average Bonchev–Trinajstić information content (AvgIpc) is 2.75. The van der Waals surface area contributed by atoms with Crippen molar-refractivity contribution in [3.05, 3.63) is 47.7 Å². The lowest BCUT2D eigenvalue weighted by molar-refractivity contribution is 0.288. The van der Waals surface area contributed by atoms with Crippen LogP contribution in [0, 0.1) is 0 Å². The minimum Gasteiger partial charge on any atom is -0.493 e. The molecule has 6 nitrogen and oxygen atoms in total. The lowest BCUT2D eigenvalue weighted by Crippen LogP contribution is -2.45. The number of ether oxygens (including phenoxy) is 2. The van der Waals surface area contributed by atoms with E-state index in [1.54, 1.807) is 7.11 Å². The first-order valence-electron chi connectivity index (χ1n) is 10.6. The Hall–Kier alpha value is -2.31. The Balaban J connectivity index is 1.57. The highest BCUT2D eigenvalue weighted by Crippen LogP contribution is 2.28. The maximum atomic E-state index is 5.83. The fourth-order valence-corrected chi connectivity index (χ4v) is 3.48. The third-order valence-corrected chi connectivity index (χ3v) is 5.30. The van der Waals surface area contributed by atoms with E-state index >= 15 is 0 Å². The number of likely N-dealkylation sites (N-methyl/N-ethyl adjacent to an activating group) is 1. The molecule has 0 atom stereocenters. The van der Waals surface area contributed by atoms with Crippen LogP contribution in [0.1, 0.15) is 30.9 Å². The molecule has 0 spiro atoms. The van der Waals surface area contributed by atoms with Gasteiger partial charge in [0.2, 0.25) is 0 Å². The van der Waals surface area contributed by atoms with Gasteiger partial charge in [-0.1, -0.05) is 25.5 Å². The van der Waals surface area contributed by atoms with Gasteiger partial charge in [-0.3, -0.25) is 0 Å². The molecule has 3 rings (SSSR count). The molecule has 0 saturated carbocycles. The minimum atomic E-state index is 0.723. The number of nitrogens with zero attached hydrogens (tertiary/aromatic N) is 3. The van der Waals surface area contributed by atoms with E-state index in [4.69, 9.17) is 9.47 Å². The van der Waals surface area contributed by atoms with Gasteiger partial charge in [0, 0.05) is 51.0 Å². The molecule has 6 heteroatoms. The highest BCUT2D eigenvalue weighted by atomic mass is 16.5. The summed E-state index contributed by atoms with van der Waals surface area (Å²) in [4.78, 5) is 9.41. The number of unbranched alkanes of at least 4 members (excludes halogenated alkanes) is 1. The fourth-order valence-electron chi connectivity index (χ4n) is 3.48. The van der Waals surface area contributed by atoms with Gasteiger partial charge in [-0.05, 0) is 37.2 Å². The van der Waals surface area contributed by atoms with E-state index in [0.717, 1.165) is 76.0 Å². The second-order valence-electron chi connectivity index (χ2n) is 7.57. The van der Waals surface area contributed by atoms with Crippen molar-refractivity contribution in [2.75, 3.05) is 51.8 Å². The van der Waals surface area contributed by atoms with Crippen LogP contribution in [0.2, 0.25) is 0 Å². The van der Waals surface area contributed by atoms with Gasteiger partial charge in [0.05, 0.1) is 13.7 Å².